The maximum absolute atomic E-state index is 13.7. The second-order valence-electron chi connectivity index (χ2n) is 10.9. The molecule has 220 valence electrons. The zero-order valence-electron chi connectivity index (χ0n) is 24.1. The fourth-order valence-corrected chi connectivity index (χ4v) is 5.48. The molecule has 0 atom stereocenters. The van der Waals surface area contributed by atoms with Gasteiger partial charge in [-0.2, -0.15) is 0 Å². The number of anilines is 1. The number of hydrogen-bond acceptors (Lipinski definition) is 4. The lowest BCUT2D eigenvalue weighted by Gasteiger charge is -2.24. The van der Waals surface area contributed by atoms with Crippen LogP contribution in [0.25, 0.3) is 11.1 Å². The van der Waals surface area contributed by atoms with Crippen molar-refractivity contribution in [3.8, 4) is 16.9 Å². The van der Waals surface area contributed by atoms with Crippen LogP contribution in [0.15, 0.2) is 103 Å². The number of amides is 2. The van der Waals surface area contributed by atoms with Crippen molar-refractivity contribution in [2.45, 2.75) is 51.0 Å². The minimum absolute atomic E-state index is 0.0350. The molecule has 4 aromatic rings. The van der Waals surface area contributed by atoms with Gasteiger partial charge in [-0.15, -0.1) is 0 Å². The molecule has 2 amide bonds. The summed E-state index contributed by atoms with van der Waals surface area (Å²) in [5.74, 6) is -0.336. The largest absolute Gasteiger partial charge is 0.481 e. The van der Waals surface area contributed by atoms with Crippen molar-refractivity contribution in [3.05, 3.63) is 120 Å². The molecule has 1 aliphatic carbocycles. The summed E-state index contributed by atoms with van der Waals surface area (Å²) in [4.78, 5) is 38.5. The van der Waals surface area contributed by atoms with E-state index in [1.54, 1.807) is 35.2 Å². The van der Waals surface area contributed by atoms with Crippen LogP contribution < -0.4 is 15.0 Å². The van der Waals surface area contributed by atoms with Crippen molar-refractivity contribution in [1.82, 2.24) is 5.32 Å². The van der Waals surface area contributed by atoms with E-state index in [4.69, 9.17) is 9.84 Å². The number of carbonyl (C=O) groups is 3. The molecule has 0 unspecified atom stereocenters. The van der Waals surface area contributed by atoms with Gasteiger partial charge in [-0.3, -0.25) is 14.5 Å². The molecule has 43 heavy (non-hydrogen) atoms. The second kappa shape index (κ2) is 14.3. The van der Waals surface area contributed by atoms with E-state index >= 15 is 0 Å². The average molecular weight is 577 g/mol. The fraction of sp³-hybridized carbons (Fsp3) is 0.250. The second-order valence-corrected chi connectivity index (χ2v) is 10.9. The molecule has 0 bridgehead atoms. The van der Waals surface area contributed by atoms with Gasteiger partial charge in [-0.25, -0.2) is 4.79 Å². The Bertz CT molecular complexity index is 1530. The number of carboxylic acid groups (broad SMARTS) is 1. The summed E-state index contributed by atoms with van der Waals surface area (Å²) in [5, 5.41) is 11.4. The molecule has 7 heteroatoms. The minimum Gasteiger partial charge on any atom is -0.481 e. The number of ether oxygens (including phenoxy) is 1. The lowest BCUT2D eigenvalue weighted by molar-refractivity contribution is -0.136. The van der Waals surface area contributed by atoms with Gasteiger partial charge in [0.2, 0.25) is 0 Å². The molecule has 1 aliphatic rings. The third kappa shape index (κ3) is 8.10. The van der Waals surface area contributed by atoms with Gasteiger partial charge >= 0.3 is 12.1 Å². The zero-order valence-corrected chi connectivity index (χ0v) is 24.1. The zero-order chi connectivity index (χ0) is 30.0. The smallest absolute Gasteiger partial charge is 0.420 e. The Labute approximate surface area is 252 Å². The monoisotopic (exact) mass is 576 g/mol. The first-order valence-electron chi connectivity index (χ1n) is 14.8. The van der Waals surface area contributed by atoms with E-state index < -0.39 is 12.1 Å². The lowest BCUT2D eigenvalue weighted by Crippen LogP contribution is -2.33. The molecule has 7 nitrogen and oxygen atoms in total. The van der Waals surface area contributed by atoms with Crippen molar-refractivity contribution >= 4 is 23.7 Å². The molecule has 1 fully saturated rings. The molecular weight excluding hydrogens is 540 g/mol. The Morgan fingerprint density at radius 2 is 1.49 bits per heavy atom. The van der Waals surface area contributed by atoms with E-state index in [9.17, 15) is 14.4 Å². The standard InChI is InChI=1S/C36H36N2O5/c39-34(40)22-23-37-35(41)30-18-20-32(21-19-30)38(25-26-14-16-29(17-15-26)27-8-3-1-4-9-27)36(42)43-33-13-7-12-31(24-33)28-10-5-2-6-11-28/h2,5-7,10-21,24,27H,1,3-4,8-9,22-23,25H2,(H,37,41)(H,39,40). The van der Waals surface area contributed by atoms with Gasteiger partial charge in [-0.05, 0) is 77.4 Å². The predicted octanol–water partition coefficient (Wildman–Crippen LogP) is 7.81. The number of nitrogens with zero attached hydrogens (tertiary/aromatic N) is 1. The van der Waals surface area contributed by atoms with E-state index in [0.717, 1.165) is 16.7 Å². The first-order valence-corrected chi connectivity index (χ1v) is 14.8. The normalized spacial score (nSPS) is 13.2. The van der Waals surface area contributed by atoms with Crippen LogP contribution in [0, 0.1) is 0 Å². The maximum atomic E-state index is 13.7. The van der Waals surface area contributed by atoms with E-state index in [0.29, 0.717) is 22.9 Å². The molecule has 0 aliphatic heterocycles. The van der Waals surface area contributed by atoms with Gasteiger partial charge in [0.25, 0.3) is 5.91 Å². The number of carbonyl (C=O) groups excluding carboxylic acids is 2. The van der Waals surface area contributed by atoms with Crippen LogP contribution in [0.4, 0.5) is 10.5 Å². The van der Waals surface area contributed by atoms with E-state index in [2.05, 4.69) is 29.6 Å². The van der Waals surface area contributed by atoms with Crippen LogP contribution in [0.3, 0.4) is 0 Å². The molecule has 0 aromatic heterocycles. The molecule has 0 heterocycles. The first kappa shape index (κ1) is 29.6. The summed E-state index contributed by atoms with van der Waals surface area (Å²) in [6.07, 6.45) is 5.58. The number of rotatable bonds is 10. The van der Waals surface area contributed by atoms with E-state index in [-0.39, 0.29) is 25.4 Å². The van der Waals surface area contributed by atoms with Gasteiger partial charge in [0.05, 0.1) is 13.0 Å². The van der Waals surface area contributed by atoms with Gasteiger partial charge in [-0.1, -0.05) is 86.0 Å². The topological polar surface area (TPSA) is 95.9 Å². The number of carboxylic acids is 1. The summed E-state index contributed by atoms with van der Waals surface area (Å²) in [6.45, 7) is 0.319. The van der Waals surface area contributed by atoms with Gasteiger partial charge < -0.3 is 15.2 Å². The van der Waals surface area contributed by atoms with Crippen LogP contribution in [-0.4, -0.2) is 29.6 Å². The van der Waals surface area contributed by atoms with Crippen molar-refractivity contribution in [1.29, 1.82) is 0 Å². The highest BCUT2D eigenvalue weighted by atomic mass is 16.6. The minimum atomic E-state index is -0.981. The van der Waals surface area contributed by atoms with Crippen molar-refractivity contribution in [2.24, 2.45) is 0 Å². The Morgan fingerprint density at radius 3 is 2.19 bits per heavy atom. The third-order valence-corrected chi connectivity index (χ3v) is 7.83. The average Bonchev–Trinajstić information content (AvgIpc) is 3.05. The Kier molecular flexibility index (Phi) is 9.85. The molecule has 2 N–H and O–H groups in total. The number of nitrogens with one attached hydrogen (secondary N) is 1. The summed E-state index contributed by atoms with van der Waals surface area (Å²) in [6, 6.07) is 32.4. The quantitative estimate of drug-likeness (QED) is 0.201. The van der Waals surface area contributed by atoms with E-state index in [1.807, 2.05) is 48.5 Å². The number of aliphatic carboxylic acids is 1. The maximum Gasteiger partial charge on any atom is 0.420 e. The lowest BCUT2D eigenvalue weighted by atomic mass is 9.84. The van der Waals surface area contributed by atoms with Gasteiger partial charge in [0, 0.05) is 17.8 Å². The summed E-state index contributed by atoms with van der Waals surface area (Å²) in [7, 11) is 0. The predicted molar refractivity (Wildman–Crippen MR) is 167 cm³/mol. The molecule has 0 saturated heterocycles. The first-order chi connectivity index (χ1) is 21.0. The van der Waals surface area contributed by atoms with Crippen molar-refractivity contribution in [2.75, 3.05) is 11.4 Å². The van der Waals surface area contributed by atoms with Crippen molar-refractivity contribution in [3.63, 3.8) is 0 Å². The fourth-order valence-electron chi connectivity index (χ4n) is 5.48. The summed E-state index contributed by atoms with van der Waals surface area (Å²) in [5.41, 5.74) is 5.21. The van der Waals surface area contributed by atoms with E-state index in [1.165, 1.54) is 37.7 Å². The highest BCUT2D eigenvalue weighted by Gasteiger charge is 2.21. The molecular formula is C36H36N2O5. The summed E-state index contributed by atoms with van der Waals surface area (Å²) >= 11 is 0. The molecule has 0 radical (unpaired) electrons. The number of hydrogen-bond donors (Lipinski definition) is 2. The van der Waals surface area contributed by atoms with Crippen LogP contribution in [-0.2, 0) is 11.3 Å². The Hall–Kier alpha value is -4.91. The highest BCUT2D eigenvalue weighted by molar-refractivity contribution is 5.95. The summed E-state index contributed by atoms with van der Waals surface area (Å²) < 4.78 is 5.89. The molecule has 4 aromatic carbocycles. The third-order valence-electron chi connectivity index (χ3n) is 7.83. The van der Waals surface area contributed by atoms with Crippen LogP contribution in [0.2, 0.25) is 0 Å². The molecule has 5 rings (SSSR count). The Balaban J connectivity index is 1.36. The molecule has 1 saturated carbocycles. The van der Waals surface area contributed by atoms with Crippen molar-refractivity contribution < 1.29 is 24.2 Å². The van der Waals surface area contributed by atoms with Crippen LogP contribution in [0.5, 0.6) is 5.75 Å². The van der Waals surface area contributed by atoms with Gasteiger partial charge in [0.15, 0.2) is 0 Å². The molecule has 0 spiro atoms. The van der Waals surface area contributed by atoms with Gasteiger partial charge in [0.1, 0.15) is 5.75 Å². The highest BCUT2D eigenvalue weighted by Crippen LogP contribution is 2.33. The SMILES string of the molecule is O=C(O)CCNC(=O)c1ccc(N(Cc2ccc(C3CCCCC3)cc2)C(=O)Oc2cccc(-c3ccccc3)c2)cc1. The number of benzene rings is 4. The van der Waals surface area contributed by atoms with Crippen LogP contribution >= 0.6 is 0 Å². The van der Waals surface area contributed by atoms with Crippen LogP contribution in [0.1, 0.15) is 65.9 Å². The Morgan fingerprint density at radius 1 is 0.791 bits per heavy atom.